The molecule has 0 unspecified atom stereocenters. The van der Waals surface area contributed by atoms with Crippen molar-refractivity contribution in [3.05, 3.63) is 47.8 Å². The van der Waals surface area contributed by atoms with Crippen LogP contribution < -0.4 is 5.73 Å². The third-order valence-electron chi connectivity index (χ3n) is 3.00. The molecule has 0 aliphatic carbocycles. The molecule has 0 amide bonds. The van der Waals surface area contributed by atoms with Gasteiger partial charge in [0.2, 0.25) is 0 Å². The van der Waals surface area contributed by atoms with Crippen molar-refractivity contribution in [1.29, 1.82) is 0 Å². The van der Waals surface area contributed by atoms with E-state index in [1.54, 1.807) is 23.0 Å². The SMILES string of the molecule is Cc1ccnn1CCS(=O)(=O)c1ccc(C(N)=S)cc1. The van der Waals surface area contributed by atoms with Gasteiger partial charge in [-0.2, -0.15) is 5.10 Å². The lowest BCUT2D eigenvalue weighted by molar-refractivity contribution is 0.577. The van der Waals surface area contributed by atoms with E-state index in [2.05, 4.69) is 5.10 Å². The molecule has 0 saturated heterocycles. The first-order valence-electron chi connectivity index (χ1n) is 6.01. The van der Waals surface area contributed by atoms with E-state index < -0.39 is 9.84 Å². The molecule has 0 aliphatic heterocycles. The molecule has 1 heterocycles. The summed E-state index contributed by atoms with van der Waals surface area (Å²) in [5.74, 6) is 0.00192. The van der Waals surface area contributed by atoms with Gasteiger partial charge >= 0.3 is 0 Å². The van der Waals surface area contributed by atoms with Crippen LogP contribution in [0.1, 0.15) is 11.3 Å². The van der Waals surface area contributed by atoms with Gasteiger partial charge in [-0.1, -0.05) is 24.4 Å². The number of nitrogens with two attached hydrogens (primary N) is 1. The Hall–Kier alpha value is -1.73. The monoisotopic (exact) mass is 309 g/mol. The predicted octanol–water partition coefficient (Wildman–Crippen LogP) is 1.30. The zero-order valence-corrected chi connectivity index (χ0v) is 12.6. The van der Waals surface area contributed by atoms with Gasteiger partial charge in [-0.25, -0.2) is 8.42 Å². The summed E-state index contributed by atoms with van der Waals surface area (Å²) < 4.78 is 26.1. The van der Waals surface area contributed by atoms with Crippen molar-refractivity contribution in [1.82, 2.24) is 9.78 Å². The van der Waals surface area contributed by atoms with Crippen molar-refractivity contribution >= 4 is 27.0 Å². The van der Waals surface area contributed by atoms with Crippen LogP contribution in [0.15, 0.2) is 41.4 Å². The molecule has 0 bridgehead atoms. The molecule has 7 heteroatoms. The normalized spacial score (nSPS) is 11.4. The first-order chi connectivity index (χ1) is 9.40. The lowest BCUT2D eigenvalue weighted by Gasteiger charge is -2.07. The van der Waals surface area contributed by atoms with Crippen molar-refractivity contribution in [2.24, 2.45) is 5.73 Å². The molecule has 0 atom stereocenters. The minimum absolute atomic E-state index is 0.00192. The molecular formula is C13H15N3O2S2. The van der Waals surface area contributed by atoms with Gasteiger partial charge in [0, 0.05) is 17.5 Å². The van der Waals surface area contributed by atoms with Crippen LogP contribution in [0.2, 0.25) is 0 Å². The summed E-state index contributed by atoms with van der Waals surface area (Å²) in [5, 5.41) is 4.07. The number of aromatic nitrogens is 2. The first-order valence-corrected chi connectivity index (χ1v) is 8.07. The Balaban J connectivity index is 2.14. The van der Waals surface area contributed by atoms with Gasteiger partial charge in [0.25, 0.3) is 0 Å². The summed E-state index contributed by atoms with van der Waals surface area (Å²) in [7, 11) is -3.34. The Morgan fingerprint density at radius 1 is 1.30 bits per heavy atom. The number of hydrogen-bond acceptors (Lipinski definition) is 4. The Morgan fingerprint density at radius 2 is 1.95 bits per heavy atom. The molecule has 20 heavy (non-hydrogen) atoms. The second-order valence-electron chi connectivity index (χ2n) is 4.40. The van der Waals surface area contributed by atoms with E-state index in [-0.39, 0.29) is 15.6 Å². The van der Waals surface area contributed by atoms with E-state index >= 15 is 0 Å². The molecule has 0 fully saturated rings. The zero-order valence-electron chi connectivity index (χ0n) is 11.0. The Labute approximate surface area is 123 Å². The molecule has 5 nitrogen and oxygen atoms in total. The largest absolute Gasteiger partial charge is 0.389 e. The second-order valence-corrected chi connectivity index (χ2v) is 6.95. The average Bonchev–Trinajstić information content (AvgIpc) is 2.82. The molecule has 1 aromatic heterocycles. The molecule has 2 aromatic rings. The Bertz CT molecular complexity index is 718. The summed E-state index contributed by atoms with van der Waals surface area (Å²) >= 11 is 4.84. The van der Waals surface area contributed by atoms with Gasteiger partial charge in [-0.3, -0.25) is 4.68 Å². The maximum atomic E-state index is 12.2. The van der Waals surface area contributed by atoms with Crippen molar-refractivity contribution < 1.29 is 8.42 Å². The van der Waals surface area contributed by atoms with Crippen LogP contribution in [0, 0.1) is 6.92 Å². The van der Waals surface area contributed by atoms with Crippen LogP contribution in [0.25, 0.3) is 0 Å². The molecule has 0 aliphatic rings. The third kappa shape index (κ3) is 3.23. The van der Waals surface area contributed by atoms with Gasteiger partial charge < -0.3 is 5.73 Å². The van der Waals surface area contributed by atoms with E-state index in [0.29, 0.717) is 12.1 Å². The first kappa shape index (κ1) is 14.7. The van der Waals surface area contributed by atoms with Crippen LogP contribution >= 0.6 is 12.2 Å². The van der Waals surface area contributed by atoms with Gasteiger partial charge in [0.05, 0.1) is 17.2 Å². The van der Waals surface area contributed by atoms with Crippen molar-refractivity contribution in [2.75, 3.05) is 5.75 Å². The molecule has 0 spiro atoms. The van der Waals surface area contributed by atoms with Gasteiger partial charge in [0.1, 0.15) is 4.99 Å². The fraction of sp³-hybridized carbons (Fsp3) is 0.231. The molecule has 106 valence electrons. The Morgan fingerprint density at radius 3 is 2.45 bits per heavy atom. The summed E-state index contributed by atoms with van der Waals surface area (Å²) in [5.41, 5.74) is 7.07. The zero-order chi connectivity index (χ0) is 14.8. The average molecular weight is 309 g/mol. The maximum Gasteiger partial charge on any atom is 0.180 e. The summed E-state index contributed by atoms with van der Waals surface area (Å²) in [4.78, 5) is 0.517. The van der Waals surface area contributed by atoms with Crippen molar-refractivity contribution in [3.8, 4) is 0 Å². The molecule has 0 saturated carbocycles. The minimum Gasteiger partial charge on any atom is -0.389 e. The van der Waals surface area contributed by atoms with E-state index in [4.69, 9.17) is 18.0 Å². The standard InChI is InChI=1S/C13H15N3O2S2/c1-10-6-7-15-16(10)8-9-20(17,18)12-4-2-11(3-5-12)13(14)19/h2-7H,8-9H2,1H3,(H2,14,19). The van der Waals surface area contributed by atoms with Crippen LogP contribution in [-0.2, 0) is 16.4 Å². The highest BCUT2D eigenvalue weighted by molar-refractivity contribution is 7.91. The Kier molecular flexibility index (Phi) is 4.20. The number of thiocarbonyl (C=S) groups is 1. The molecule has 1 aromatic carbocycles. The molecule has 0 radical (unpaired) electrons. The smallest absolute Gasteiger partial charge is 0.180 e. The van der Waals surface area contributed by atoms with Crippen LogP contribution in [0.4, 0.5) is 0 Å². The van der Waals surface area contributed by atoms with Crippen molar-refractivity contribution in [3.63, 3.8) is 0 Å². The van der Waals surface area contributed by atoms with Gasteiger partial charge in [0.15, 0.2) is 9.84 Å². The van der Waals surface area contributed by atoms with E-state index in [1.165, 1.54) is 12.1 Å². The number of nitrogens with zero attached hydrogens (tertiary/aromatic N) is 2. The molecule has 2 N–H and O–H groups in total. The van der Waals surface area contributed by atoms with Gasteiger partial charge in [-0.05, 0) is 25.1 Å². The third-order valence-corrected chi connectivity index (χ3v) is 4.94. The van der Waals surface area contributed by atoms with E-state index in [1.807, 2.05) is 13.0 Å². The summed E-state index contributed by atoms with van der Waals surface area (Å²) in [6, 6.07) is 8.13. The maximum absolute atomic E-state index is 12.2. The fourth-order valence-corrected chi connectivity index (χ4v) is 3.12. The van der Waals surface area contributed by atoms with E-state index in [9.17, 15) is 8.42 Å². The number of sulfone groups is 1. The van der Waals surface area contributed by atoms with Crippen LogP contribution in [0.3, 0.4) is 0 Å². The number of aryl methyl sites for hydroxylation is 2. The minimum atomic E-state index is -3.34. The number of rotatable bonds is 5. The lowest BCUT2D eigenvalue weighted by Crippen LogP contribution is -2.15. The van der Waals surface area contributed by atoms with Crippen molar-refractivity contribution in [2.45, 2.75) is 18.4 Å². The molecule has 2 rings (SSSR count). The quantitative estimate of drug-likeness (QED) is 0.842. The van der Waals surface area contributed by atoms with Gasteiger partial charge in [-0.15, -0.1) is 0 Å². The highest BCUT2D eigenvalue weighted by Gasteiger charge is 2.15. The second kappa shape index (κ2) is 5.72. The lowest BCUT2D eigenvalue weighted by atomic mass is 10.2. The molecular weight excluding hydrogens is 294 g/mol. The topological polar surface area (TPSA) is 78.0 Å². The highest BCUT2D eigenvalue weighted by Crippen LogP contribution is 2.13. The van der Waals surface area contributed by atoms with Crippen LogP contribution in [0.5, 0.6) is 0 Å². The predicted molar refractivity (Wildman–Crippen MR) is 81.3 cm³/mol. The fourth-order valence-electron chi connectivity index (χ4n) is 1.78. The number of benzene rings is 1. The number of hydrogen-bond donors (Lipinski definition) is 1. The highest BCUT2D eigenvalue weighted by atomic mass is 32.2. The van der Waals surface area contributed by atoms with E-state index in [0.717, 1.165) is 5.69 Å². The van der Waals surface area contributed by atoms with Crippen LogP contribution in [-0.4, -0.2) is 28.9 Å². The summed E-state index contributed by atoms with van der Waals surface area (Å²) in [6.07, 6.45) is 1.65. The summed E-state index contributed by atoms with van der Waals surface area (Å²) in [6.45, 7) is 2.22.